The zero-order chi connectivity index (χ0) is 29.2. The van der Waals surface area contributed by atoms with Crippen LogP contribution in [0, 0.1) is 0 Å². The van der Waals surface area contributed by atoms with Crippen LogP contribution in [-0.4, -0.2) is 75.1 Å². The summed E-state index contributed by atoms with van der Waals surface area (Å²) in [7, 11) is 0. The number of carbonyl (C=O) groups is 4. The lowest BCUT2D eigenvalue weighted by Gasteiger charge is -2.24. The fourth-order valence-corrected chi connectivity index (χ4v) is 4.62. The van der Waals surface area contributed by atoms with Crippen molar-refractivity contribution in [1.82, 2.24) is 20.9 Å². The van der Waals surface area contributed by atoms with Crippen LogP contribution >= 0.6 is 11.8 Å². The van der Waals surface area contributed by atoms with Crippen LogP contribution in [0.15, 0.2) is 54.7 Å². The van der Waals surface area contributed by atoms with Gasteiger partial charge < -0.3 is 36.9 Å². The normalized spacial score (nSPS) is 14.1. The maximum Gasteiger partial charge on any atom is 0.326 e. The first-order valence-electron chi connectivity index (χ1n) is 12.8. The number of hydrogen-bond donors (Lipinski definition) is 7. The van der Waals surface area contributed by atoms with Crippen molar-refractivity contribution in [2.75, 3.05) is 12.0 Å². The van der Waals surface area contributed by atoms with Crippen LogP contribution in [0.4, 0.5) is 0 Å². The number of carbonyl (C=O) groups excluding carboxylic acids is 3. The number of aliphatic carboxylic acids is 1. The number of nitrogens with one attached hydrogen (secondary N) is 4. The number of aromatic nitrogens is 1. The van der Waals surface area contributed by atoms with E-state index in [4.69, 9.17) is 5.73 Å². The van der Waals surface area contributed by atoms with Gasteiger partial charge in [0.2, 0.25) is 17.7 Å². The van der Waals surface area contributed by atoms with Crippen molar-refractivity contribution in [2.24, 2.45) is 5.73 Å². The van der Waals surface area contributed by atoms with Crippen molar-refractivity contribution >= 4 is 46.4 Å². The van der Waals surface area contributed by atoms with E-state index >= 15 is 0 Å². The number of amides is 3. The Kier molecular flexibility index (Phi) is 11.0. The van der Waals surface area contributed by atoms with E-state index in [1.165, 1.54) is 19.1 Å². The highest BCUT2D eigenvalue weighted by Gasteiger charge is 2.29. The van der Waals surface area contributed by atoms with Crippen LogP contribution in [0.25, 0.3) is 10.9 Å². The summed E-state index contributed by atoms with van der Waals surface area (Å²) in [5.74, 6) is -2.32. The number of hydrogen-bond acceptors (Lipinski definition) is 7. The van der Waals surface area contributed by atoms with Crippen LogP contribution in [0.2, 0.25) is 0 Å². The van der Waals surface area contributed by atoms with E-state index in [0.29, 0.717) is 17.7 Å². The van der Waals surface area contributed by atoms with E-state index in [1.807, 2.05) is 30.5 Å². The molecule has 0 saturated heterocycles. The standard InChI is InChI=1S/C28H35N5O6S/c1-16(25(35)33-24(28(38)39)14-18-15-30-22-6-4-3-5-20(18)22)31-27(37)23(13-17-7-9-19(34)10-8-17)32-26(36)21(29)11-12-40-2/h3-10,15-16,21,23-24,30,34H,11-14,29H2,1-2H3,(H,31,37)(H,32,36)(H,33,35)(H,38,39). The number of thioether (sulfide) groups is 1. The van der Waals surface area contributed by atoms with Crippen LogP contribution in [-0.2, 0) is 32.0 Å². The first kappa shape index (κ1) is 30.5. The van der Waals surface area contributed by atoms with Crippen molar-refractivity contribution in [2.45, 2.75) is 50.4 Å². The smallest absolute Gasteiger partial charge is 0.326 e. The maximum atomic E-state index is 13.2. The van der Waals surface area contributed by atoms with Gasteiger partial charge in [0.1, 0.15) is 23.9 Å². The molecule has 0 saturated carbocycles. The molecule has 0 fully saturated rings. The molecular weight excluding hydrogens is 534 g/mol. The summed E-state index contributed by atoms with van der Waals surface area (Å²) in [6.45, 7) is 1.43. The topological polar surface area (TPSA) is 187 Å². The number of phenolic OH excluding ortho intramolecular Hbond substituents is 1. The summed E-state index contributed by atoms with van der Waals surface area (Å²) in [5.41, 5.74) is 8.22. The number of aromatic amines is 1. The molecule has 0 aliphatic rings. The second kappa shape index (κ2) is 14.4. The molecule has 1 heterocycles. The SMILES string of the molecule is CSCCC(N)C(=O)NC(Cc1ccc(O)cc1)C(=O)NC(C)C(=O)NC(Cc1c[nH]c2ccccc12)C(=O)O. The van der Waals surface area contributed by atoms with Gasteiger partial charge in [-0.1, -0.05) is 30.3 Å². The van der Waals surface area contributed by atoms with Crippen molar-refractivity contribution in [1.29, 1.82) is 0 Å². The molecule has 0 aliphatic heterocycles. The van der Waals surface area contributed by atoms with Crippen LogP contribution in [0.3, 0.4) is 0 Å². The lowest BCUT2D eigenvalue weighted by Crippen LogP contribution is -2.57. The Morgan fingerprint density at radius 2 is 1.60 bits per heavy atom. The average Bonchev–Trinajstić information content (AvgIpc) is 3.34. The first-order valence-corrected chi connectivity index (χ1v) is 14.2. The number of aromatic hydroxyl groups is 1. The van der Waals surface area contributed by atoms with E-state index in [-0.39, 0.29) is 18.6 Å². The Hall–Kier alpha value is -4.03. The summed E-state index contributed by atoms with van der Waals surface area (Å²) in [4.78, 5) is 53.8. The molecule has 11 nitrogen and oxygen atoms in total. The molecule has 40 heavy (non-hydrogen) atoms. The van der Waals surface area contributed by atoms with Gasteiger partial charge in [0.25, 0.3) is 0 Å². The van der Waals surface area contributed by atoms with Crippen molar-refractivity contribution < 1.29 is 29.4 Å². The van der Waals surface area contributed by atoms with Gasteiger partial charge in [0.05, 0.1) is 6.04 Å². The Balaban J connectivity index is 1.67. The van der Waals surface area contributed by atoms with E-state index in [2.05, 4.69) is 20.9 Å². The number of benzene rings is 2. The minimum atomic E-state index is -1.23. The van der Waals surface area contributed by atoms with Crippen molar-refractivity contribution in [3.8, 4) is 5.75 Å². The number of carboxylic acids is 1. The Morgan fingerprint density at radius 3 is 2.27 bits per heavy atom. The number of para-hydroxylation sites is 1. The molecule has 0 spiro atoms. The Bertz CT molecular complexity index is 1330. The zero-order valence-corrected chi connectivity index (χ0v) is 23.2. The lowest BCUT2D eigenvalue weighted by molar-refractivity contribution is -0.142. The molecule has 0 radical (unpaired) electrons. The summed E-state index contributed by atoms with van der Waals surface area (Å²) >= 11 is 1.55. The van der Waals surface area contributed by atoms with E-state index in [9.17, 15) is 29.4 Å². The zero-order valence-electron chi connectivity index (χ0n) is 22.3. The lowest BCUT2D eigenvalue weighted by atomic mass is 10.0. The maximum absolute atomic E-state index is 13.2. The fraction of sp³-hybridized carbons (Fsp3) is 0.357. The number of H-pyrrole nitrogens is 1. The van der Waals surface area contributed by atoms with Crippen LogP contribution in [0.5, 0.6) is 5.75 Å². The monoisotopic (exact) mass is 569 g/mol. The first-order chi connectivity index (χ1) is 19.1. The molecule has 1 aromatic heterocycles. The minimum Gasteiger partial charge on any atom is -0.508 e. The number of fused-ring (bicyclic) bond motifs is 1. The van der Waals surface area contributed by atoms with E-state index in [0.717, 1.165) is 16.5 Å². The van der Waals surface area contributed by atoms with E-state index < -0.39 is 47.9 Å². The summed E-state index contributed by atoms with van der Waals surface area (Å²) in [6.07, 6.45) is 4.15. The second-order valence-corrected chi connectivity index (χ2v) is 10.5. The minimum absolute atomic E-state index is 0.0409. The van der Waals surface area contributed by atoms with Crippen LogP contribution in [0.1, 0.15) is 24.5 Å². The van der Waals surface area contributed by atoms with Gasteiger partial charge in [0.15, 0.2) is 0 Å². The van der Waals surface area contributed by atoms with Crippen molar-refractivity contribution in [3.63, 3.8) is 0 Å². The summed E-state index contributed by atoms with van der Waals surface area (Å²) < 4.78 is 0. The summed E-state index contributed by atoms with van der Waals surface area (Å²) in [6, 6.07) is 9.40. The van der Waals surface area contributed by atoms with Gasteiger partial charge >= 0.3 is 5.97 Å². The molecule has 2 aromatic carbocycles. The predicted octanol–water partition coefficient (Wildman–Crippen LogP) is 1.30. The highest BCUT2D eigenvalue weighted by molar-refractivity contribution is 7.98. The third-order valence-corrected chi connectivity index (χ3v) is 7.09. The molecule has 4 unspecified atom stereocenters. The summed E-state index contributed by atoms with van der Waals surface area (Å²) in [5, 5.41) is 27.9. The number of phenols is 1. The quantitative estimate of drug-likeness (QED) is 0.151. The second-order valence-electron chi connectivity index (χ2n) is 9.51. The van der Waals surface area contributed by atoms with Gasteiger partial charge in [-0.25, -0.2) is 4.79 Å². The number of rotatable bonds is 14. The molecule has 0 bridgehead atoms. The highest BCUT2D eigenvalue weighted by atomic mass is 32.2. The molecule has 3 aromatic rings. The van der Waals surface area contributed by atoms with E-state index in [1.54, 1.807) is 30.1 Å². The molecule has 4 atom stereocenters. The molecule has 214 valence electrons. The van der Waals surface area contributed by atoms with Gasteiger partial charge in [-0.15, -0.1) is 0 Å². The van der Waals surface area contributed by atoms with Gasteiger partial charge in [-0.3, -0.25) is 14.4 Å². The molecule has 3 rings (SSSR count). The Morgan fingerprint density at radius 1 is 0.925 bits per heavy atom. The number of carboxylic acid groups (broad SMARTS) is 1. The largest absolute Gasteiger partial charge is 0.508 e. The van der Waals surface area contributed by atoms with Crippen LogP contribution < -0.4 is 21.7 Å². The third-order valence-electron chi connectivity index (χ3n) is 6.44. The van der Waals surface area contributed by atoms with Gasteiger partial charge in [-0.05, 0) is 54.7 Å². The van der Waals surface area contributed by atoms with Gasteiger partial charge in [-0.2, -0.15) is 11.8 Å². The third kappa shape index (κ3) is 8.48. The highest BCUT2D eigenvalue weighted by Crippen LogP contribution is 2.19. The Labute approximate surface area is 236 Å². The number of nitrogens with two attached hydrogens (primary N) is 1. The average molecular weight is 570 g/mol. The molecule has 3 amide bonds. The van der Waals surface area contributed by atoms with Gasteiger partial charge in [0, 0.05) is 29.9 Å². The molecule has 8 N–H and O–H groups in total. The fourth-order valence-electron chi connectivity index (χ4n) is 4.13. The molecule has 12 heteroatoms. The van der Waals surface area contributed by atoms with Crippen molar-refractivity contribution in [3.05, 3.63) is 65.9 Å². The predicted molar refractivity (Wildman–Crippen MR) is 154 cm³/mol. The molecular formula is C28H35N5O6S. The molecule has 0 aliphatic carbocycles.